The van der Waals surface area contributed by atoms with E-state index in [0.29, 0.717) is 0 Å². The maximum atomic E-state index is 5.18. The number of para-hydroxylation sites is 1. The number of hydrogen-bond donors (Lipinski definition) is 0. The predicted octanol–water partition coefficient (Wildman–Crippen LogP) is 14.3. The van der Waals surface area contributed by atoms with E-state index in [-0.39, 0.29) is 5.92 Å². The van der Waals surface area contributed by atoms with Crippen LogP contribution in [0.5, 0.6) is 0 Å². The monoisotopic (exact) mass is 721 g/mol. The van der Waals surface area contributed by atoms with Crippen molar-refractivity contribution in [3.8, 4) is 39.3 Å². The predicted molar refractivity (Wildman–Crippen MR) is 236 cm³/mol. The maximum Gasteiger partial charge on any atom is 0.145 e. The number of imidazole rings is 1. The molecule has 0 spiro atoms. The lowest BCUT2D eigenvalue weighted by molar-refractivity contribution is 1.01. The molecule has 270 valence electrons. The summed E-state index contributed by atoms with van der Waals surface area (Å²) in [6.07, 6.45) is 10.9. The second kappa shape index (κ2) is 15.0. The number of allylic oxidation sites excluding steroid dienone is 6. The Labute approximate surface area is 329 Å². The number of aryl methyl sites for hydroxylation is 1. The summed E-state index contributed by atoms with van der Waals surface area (Å²) in [5, 5.41) is 0. The lowest BCUT2D eigenvalue weighted by Gasteiger charge is -2.27. The van der Waals surface area contributed by atoms with Gasteiger partial charge in [-0.1, -0.05) is 127 Å². The Hall–Kier alpha value is -6.97. The summed E-state index contributed by atoms with van der Waals surface area (Å²) < 4.78 is 2.28. The molecule has 56 heavy (non-hydrogen) atoms. The molecule has 1 aromatic heterocycles. The molecule has 0 fully saturated rings. The van der Waals surface area contributed by atoms with E-state index in [2.05, 4.69) is 230 Å². The minimum absolute atomic E-state index is 0.118. The number of nitrogens with zero attached hydrogens (tertiary/aromatic N) is 3. The van der Waals surface area contributed by atoms with Crippen molar-refractivity contribution in [1.82, 2.24) is 9.55 Å². The van der Waals surface area contributed by atoms with Gasteiger partial charge in [0.15, 0.2) is 0 Å². The average Bonchev–Trinajstić information content (AvgIpc) is 3.79. The third-order valence-corrected chi connectivity index (χ3v) is 10.8. The quantitative estimate of drug-likeness (QED) is 0.138. The standard InChI is InChI=1S/C53H43N3/c1-4-6-16-40(15-5-2)52-48-22-14-13-21-46(48)47-33-32-45(36-49(47)52)55(43-28-24-39(25-29-43)38-17-9-7-10-18-38)44-30-26-41(27-31-44)53-54-50-34-23-37(3)35-51(50)56(53)42-19-11-8-12-20-42/h4-36,52H,1-3H3/b6-4-,15-5-,40-16+. The lowest BCUT2D eigenvalue weighted by Crippen LogP contribution is -2.11. The number of aromatic nitrogens is 2. The molecule has 1 heterocycles. The third kappa shape index (κ3) is 6.37. The summed E-state index contributed by atoms with van der Waals surface area (Å²) >= 11 is 0. The van der Waals surface area contributed by atoms with Crippen molar-refractivity contribution in [2.24, 2.45) is 0 Å². The van der Waals surface area contributed by atoms with Gasteiger partial charge in [-0.05, 0) is 138 Å². The number of rotatable bonds is 9. The van der Waals surface area contributed by atoms with Gasteiger partial charge in [0.1, 0.15) is 5.82 Å². The second-order valence-electron chi connectivity index (χ2n) is 14.4. The Morgan fingerprint density at radius 1 is 0.571 bits per heavy atom. The van der Waals surface area contributed by atoms with Crippen LogP contribution in [0.3, 0.4) is 0 Å². The van der Waals surface area contributed by atoms with Gasteiger partial charge in [0.05, 0.1) is 11.0 Å². The molecule has 1 unspecified atom stereocenters. The summed E-state index contributed by atoms with van der Waals surface area (Å²) in [5.41, 5.74) is 17.6. The van der Waals surface area contributed by atoms with E-state index >= 15 is 0 Å². The molecule has 3 nitrogen and oxygen atoms in total. The van der Waals surface area contributed by atoms with Gasteiger partial charge in [0.2, 0.25) is 0 Å². The van der Waals surface area contributed by atoms with Gasteiger partial charge in [-0.2, -0.15) is 0 Å². The van der Waals surface area contributed by atoms with Gasteiger partial charge in [-0.25, -0.2) is 4.98 Å². The second-order valence-corrected chi connectivity index (χ2v) is 14.4. The Bertz CT molecular complexity index is 2750. The highest BCUT2D eigenvalue weighted by Crippen LogP contribution is 2.50. The van der Waals surface area contributed by atoms with Gasteiger partial charge in [-0.3, -0.25) is 4.57 Å². The van der Waals surface area contributed by atoms with E-state index in [4.69, 9.17) is 4.98 Å². The molecule has 1 aliphatic carbocycles. The van der Waals surface area contributed by atoms with Crippen molar-refractivity contribution in [2.75, 3.05) is 4.90 Å². The van der Waals surface area contributed by atoms with E-state index in [0.717, 1.165) is 45.2 Å². The number of hydrogen-bond acceptors (Lipinski definition) is 2. The van der Waals surface area contributed by atoms with Gasteiger partial charge in [0, 0.05) is 34.2 Å². The molecule has 0 N–H and O–H groups in total. The van der Waals surface area contributed by atoms with Crippen molar-refractivity contribution < 1.29 is 0 Å². The van der Waals surface area contributed by atoms with Gasteiger partial charge in [-0.15, -0.1) is 0 Å². The molecule has 0 radical (unpaired) electrons. The van der Waals surface area contributed by atoms with E-state index in [1.165, 1.54) is 44.5 Å². The summed E-state index contributed by atoms with van der Waals surface area (Å²) in [6, 6.07) is 61.3. The van der Waals surface area contributed by atoms with Crippen molar-refractivity contribution in [1.29, 1.82) is 0 Å². The van der Waals surface area contributed by atoms with Crippen molar-refractivity contribution >= 4 is 28.1 Å². The molecule has 7 aromatic carbocycles. The highest BCUT2D eigenvalue weighted by Gasteiger charge is 2.31. The van der Waals surface area contributed by atoms with Crippen LogP contribution >= 0.6 is 0 Å². The summed E-state index contributed by atoms with van der Waals surface area (Å²) in [5.74, 6) is 1.04. The van der Waals surface area contributed by atoms with Crippen molar-refractivity contribution in [3.63, 3.8) is 0 Å². The summed E-state index contributed by atoms with van der Waals surface area (Å²) in [7, 11) is 0. The zero-order valence-electron chi connectivity index (χ0n) is 32.0. The van der Waals surface area contributed by atoms with Crippen LogP contribution in [0, 0.1) is 6.92 Å². The van der Waals surface area contributed by atoms with Gasteiger partial charge < -0.3 is 4.90 Å². The van der Waals surface area contributed by atoms with E-state index in [1.54, 1.807) is 0 Å². The maximum absolute atomic E-state index is 5.18. The zero-order chi connectivity index (χ0) is 38.0. The molecule has 0 saturated carbocycles. The van der Waals surface area contributed by atoms with E-state index in [9.17, 15) is 0 Å². The largest absolute Gasteiger partial charge is 0.310 e. The van der Waals surface area contributed by atoms with Crippen LogP contribution in [0.1, 0.15) is 36.5 Å². The fraction of sp³-hybridized carbons (Fsp3) is 0.0755. The number of anilines is 3. The highest BCUT2D eigenvalue weighted by atomic mass is 15.1. The zero-order valence-corrected chi connectivity index (χ0v) is 32.0. The normalized spacial score (nSPS) is 13.8. The number of benzene rings is 7. The van der Waals surface area contributed by atoms with Crippen LogP contribution in [-0.2, 0) is 0 Å². The van der Waals surface area contributed by atoms with Crippen LogP contribution in [-0.4, -0.2) is 9.55 Å². The molecular weight excluding hydrogens is 679 g/mol. The van der Waals surface area contributed by atoms with Crippen LogP contribution in [0.4, 0.5) is 17.1 Å². The van der Waals surface area contributed by atoms with Crippen LogP contribution < -0.4 is 4.90 Å². The molecular formula is C53H43N3. The van der Waals surface area contributed by atoms with Gasteiger partial charge >= 0.3 is 0 Å². The van der Waals surface area contributed by atoms with Crippen LogP contribution in [0.2, 0.25) is 0 Å². The first-order chi connectivity index (χ1) is 27.6. The average molecular weight is 722 g/mol. The Kier molecular flexibility index (Phi) is 9.34. The first kappa shape index (κ1) is 34.8. The molecule has 0 amide bonds. The van der Waals surface area contributed by atoms with Crippen LogP contribution in [0.25, 0.3) is 50.4 Å². The highest BCUT2D eigenvalue weighted by molar-refractivity contribution is 5.88. The third-order valence-electron chi connectivity index (χ3n) is 10.8. The van der Waals surface area contributed by atoms with Crippen LogP contribution in [0.15, 0.2) is 206 Å². The Morgan fingerprint density at radius 2 is 1.20 bits per heavy atom. The molecule has 0 bridgehead atoms. The minimum atomic E-state index is 0.118. The molecule has 3 heteroatoms. The van der Waals surface area contributed by atoms with E-state index < -0.39 is 0 Å². The molecule has 1 aliphatic rings. The van der Waals surface area contributed by atoms with Gasteiger partial charge in [0.25, 0.3) is 0 Å². The lowest BCUT2D eigenvalue weighted by atomic mass is 9.88. The fourth-order valence-corrected chi connectivity index (χ4v) is 8.20. The Balaban J connectivity index is 1.19. The molecule has 0 aliphatic heterocycles. The van der Waals surface area contributed by atoms with Crippen molar-refractivity contribution in [2.45, 2.75) is 26.7 Å². The first-order valence-electron chi connectivity index (χ1n) is 19.4. The molecule has 1 atom stereocenters. The minimum Gasteiger partial charge on any atom is -0.310 e. The van der Waals surface area contributed by atoms with E-state index in [1.807, 2.05) is 0 Å². The smallest absolute Gasteiger partial charge is 0.145 e. The first-order valence-corrected chi connectivity index (χ1v) is 19.4. The molecule has 8 aromatic rings. The Morgan fingerprint density at radius 3 is 1.91 bits per heavy atom. The molecule has 0 saturated heterocycles. The van der Waals surface area contributed by atoms with Crippen molar-refractivity contribution in [3.05, 3.63) is 223 Å². The SMILES string of the molecule is C\C=C/C=C(\C=C/C)C1c2ccccc2-c2ccc(N(c3ccc(-c4ccccc4)cc3)c3ccc(-c4nc5ccc(C)cc5n4-c4ccccc4)cc3)cc21. The topological polar surface area (TPSA) is 21.1 Å². The summed E-state index contributed by atoms with van der Waals surface area (Å²) in [4.78, 5) is 7.57. The number of fused-ring (bicyclic) bond motifs is 4. The molecule has 9 rings (SSSR count). The fourth-order valence-electron chi connectivity index (χ4n) is 8.20. The summed E-state index contributed by atoms with van der Waals surface area (Å²) in [6.45, 7) is 6.31.